The van der Waals surface area contributed by atoms with Crippen molar-refractivity contribution in [3.8, 4) is 0 Å². The third-order valence-corrected chi connectivity index (χ3v) is 16.6. The lowest BCUT2D eigenvalue weighted by Crippen LogP contribution is -2.64. The largest absolute Gasteiger partial charge is 0.481 e. The normalized spacial score (nSPS) is 40.0. The number of hydrogen-bond donors (Lipinski definition) is 2. The molecule has 1 amide bonds. The topological polar surface area (TPSA) is 110 Å². The second-order valence-electron chi connectivity index (χ2n) is 20.5. The highest BCUT2D eigenvalue weighted by atomic mass is 19.3. The molecule has 0 radical (unpaired) electrons. The van der Waals surface area contributed by atoms with Gasteiger partial charge in [0.1, 0.15) is 11.9 Å². The van der Waals surface area contributed by atoms with E-state index in [9.17, 15) is 33.1 Å². The number of ether oxygens (including phenoxy) is 1. The van der Waals surface area contributed by atoms with Gasteiger partial charge in [-0.25, -0.2) is 8.78 Å². The molecule has 5 fully saturated rings. The van der Waals surface area contributed by atoms with Crippen LogP contribution in [-0.4, -0.2) is 47.3 Å². The summed E-state index contributed by atoms with van der Waals surface area (Å²) in [4.78, 5) is 53.2. The molecule has 9 heteroatoms. The quantitative estimate of drug-likeness (QED) is 0.190. The van der Waals surface area contributed by atoms with Crippen molar-refractivity contribution in [2.75, 3.05) is 6.54 Å². The number of fused-ring (bicyclic) bond motifs is 6. The van der Waals surface area contributed by atoms with E-state index in [-0.39, 0.29) is 82.9 Å². The highest BCUT2D eigenvalue weighted by Crippen LogP contribution is 2.76. The van der Waals surface area contributed by atoms with Gasteiger partial charge in [0.05, 0.1) is 17.3 Å². The Labute approximate surface area is 310 Å². The van der Waals surface area contributed by atoms with Crippen molar-refractivity contribution >= 4 is 23.6 Å². The van der Waals surface area contributed by atoms with Gasteiger partial charge in [0.15, 0.2) is 0 Å². The van der Waals surface area contributed by atoms with Crippen LogP contribution >= 0.6 is 0 Å². The number of allylic oxidation sites excluding steroid dienone is 1. The average molecular weight is 730 g/mol. The van der Waals surface area contributed by atoms with Gasteiger partial charge >= 0.3 is 11.9 Å². The van der Waals surface area contributed by atoms with Crippen LogP contribution < -0.4 is 5.32 Å². The van der Waals surface area contributed by atoms with Gasteiger partial charge in [-0.2, -0.15) is 0 Å². The van der Waals surface area contributed by atoms with Crippen LogP contribution in [0.5, 0.6) is 0 Å². The average Bonchev–Trinajstić information content (AvgIpc) is 3.35. The number of rotatable bonds is 8. The first-order chi connectivity index (χ1) is 24.0. The third-order valence-electron chi connectivity index (χ3n) is 16.6. The summed E-state index contributed by atoms with van der Waals surface area (Å²) in [6.07, 6.45) is 7.32. The monoisotopic (exact) mass is 729 g/mol. The Hall–Kier alpha value is -2.32. The SMILES string of the molecule is CC(C)C1C(=O)C[C@]2(C(=O)NCC3CCC(F)(F)CC3)CC[C@]3(C)C(=C12)CCC1[C@@]2(C)CC[C@H](OC(=O)CC(C)(C)C(=O)O)C(C)(C)C2CC[C@]13C. The van der Waals surface area contributed by atoms with Crippen LogP contribution in [-0.2, 0) is 23.9 Å². The Morgan fingerprint density at radius 1 is 0.904 bits per heavy atom. The molecule has 6 aliphatic carbocycles. The number of nitrogens with one attached hydrogen (secondary N) is 1. The minimum absolute atomic E-state index is 0.00457. The van der Waals surface area contributed by atoms with E-state index in [1.165, 1.54) is 5.57 Å². The van der Waals surface area contributed by atoms with Crippen LogP contribution in [0.25, 0.3) is 0 Å². The summed E-state index contributed by atoms with van der Waals surface area (Å²) >= 11 is 0. The van der Waals surface area contributed by atoms with Crippen LogP contribution in [0.1, 0.15) is 152 Å². The summed E-state index contributed by atoms with van der Waals surface area (Å²) in [5, 5.41) is 12.8. The van der Waals surface area contributed by atoms with Gasteiger partial charge in [0.2, 0.25) is 11.8 Å². The van der Waals surface area contributed by atoms with E-state index in [2.05, 4.69) is 53.8 Å². The number of carbonyl (C=O) groups is 4. The summed E-state index contributed by atoms with van der Waals surface area (Å²) in [7, 11) is 0. The van der Waals surface area contributed by atoms with Crippen molar-refractivity contribution in [3.05, 3.63) is 11.1 Å². The van der Waals surface area contributed by atoms with Crippen molar-refractivity contribution in [1.29, 1.82) is 0 Å². The summed E-state index contributed by atoms with van der Waals surface area (Å²) in [6, 6.07) is 0. The Kier molecular flexibility index (Phi) is 9.76. The number of carboxylic acid groups (broad SMARTS) is 1. The lowest BCUT2D eigenvalue weighted by molar-refractivity contribution is -0.214. The van der Waals surface area contributed by atoms with Gasteiger partial charge in [-0.05, 0) is 124 Å². The van der Waals surface area contributed by atoms with Crippen LogP contribution in [0.3, 0.4) is 0 Å². The van der Waals surface area contributed by atoms with Crippen molar-refractivity contribution in [2.45, 2.75) is 164 Å². The van der Waals surface area contributed by atoms with Crippen molar-refractivity contribution in [3.63, 3.8) is 0 Å². The zero-order chi connectivity index (χ0) is 38.4. The van der Waals surface area contributed by atoms with Gasteiger partial charge in [-0.15, -0.1) is 0 Å². The molecule has 6 rings (SSSR count). The molecular formula is C43H65F2NO6. The minimum Gasteiger partial charge on any atom is -0.481 e. The molecule has 0 spiro atoms. The molecule has 5 saturated carbocycles. The van der Waals surface area contributed by atoms with Gasteiger partial charge < -0.3 is 15.2 Å². The van der Waals surface area contributed by atoms with Crippen LogP contribution in [0.15, 0.2) is 11.1 Å². The molecule has 6 aliphatic rings. The van der Waals surface area contributed by atoms with Crippen LogP contribution in [0, 0.1) is 62.1 Å². The van der Waals surface area contributed by atoms with Crippen LogP contribution in [0.2, 0.25) is 0 Å². The lowest BCUT2D eigenvalue weighted by atomic mass is 9.34. The van der Waals surface area contributed by atoms with E-state index < -0.39 is 28.7 Å². The van der Waals surface area contributed by atoms with Crippen molar-refractivity contribution < 1.29 is 37.8 Å². The number of halogens is 2. The molecule has 52 heavy (non-hydrogen) atoms. The summed E-state index contributed by atoms with van der Waals surface area (Å²) in [5.41, 5.74) is -0.105. The number of aliphatic carboxylic acids is 1. The molecule has 0 aromatic rings. The molecule has 3 unspecified atom stereocenters. The summed E-state index contributed by atoms with van der Waals surface area (Å²) in [6.45, 7) is 19.6. The van der Waals surface area contributed by atoms with Crippen molar-refractivity contribution in [1.82, 2.24) is 5.32 Å². The predicted molar refractivity (Wildman–Crippen MR) is 195 cm³/mol. The third kappa shape index (κ3) is 5.99. The number of hydrogen-bond acceptors (Lipinski definition) is 5. The fourth-order valence-corrected chi connectivity index (χ4v) is 13.3. The zero-order valence-electron chi connectivity index (χ0n) is 33.3. The molecule has 8 atom stereocenters. The second-order valence-corrected chi connectivity index (χ2v) is 20.5. The molecule has 0 aromatic carbocycles. The first kappa shape index (κ1) is 39.4. The second kappa shape index (κ2) is 12.9. The molecule has 2 N–H and O–H groups in total. The Morgan fingerprint density at radius 2 is 1.56 bits per heavy atom. The maximum Gasteiger partial charge on any atom is 0.309 e. The first-order valence-corrected chi connectivity index (χ1v) is 20.3. The number of esters is 1. The number of ketones is 1. The summed E-state index contributed by atoms with van der Waals surface area (Å²) in [5.74, 6) is -3.42. The van der Waals surface area contributed by atoms with Gasteiger partial charge in [-0.1, -0.05) is 54.0 Å². The fourth-order valence-electron chi connectivity index (χ4n) is 13.3. The molecule has 0 heterocycles. The lowest BCUT2D eigenvalue weighted by Gasteiger charge is -2.70. The standard InChI is InChI=1S/C43H65F2NO6/c1-25(2)33-28(47)22-42(35(49)46-24-26-12-18-43(44,45)19-13-26)21-20-40(8)27(34(33)42)10-11-30-39(7)16-15-31(52-32(48)23-37(3,4)36(50)51)38(5,6)29(39)14-17-41(30,40)9/h25-26,29-31,33H,10-24H2,1-9H3,(H,46,49)(H,50,51)/t29?,30?,31-,33?,39-,40+,41+,42+/m0/s1. The molecule has 292 valence electrons. The summed E-state index contributed by atoms with van der Waals surface area (Å²) < 4.78 is 33.9. The fraction of sp³-hybridized carbons (Fsp3) is 0.860. The van der Waals surface area contributed by atoms with E-state index in [1.807, 2.05) is 0 Å². The Morgan fingerprint density at radius 3 is 2.17 bits per heavy atom. The van der Waals surface area contributed by atoms with Crippen LogP contribution in [0.4, 0.5) is 8.78 Å². The van der Waals surface area contributed by atoms with E-state index in [0.717, 1.165) is 50.5 Å². The number of carbonyl (C=O) groups excluding carboxylic acids is 3. The number of Topliss-reactive ketones (excluding diaryl/α,β-unsaturated/α-hetero) is 1. The molecule has 0 aliphatic heterocycles. The highest BCUT2D eigenvalue weighted by molar-refractivity contribution is 6.00. The smallest absolute Gasteiger partial charge is 0.309 e. The van der Waals surface area contributed by atoms with Gasteiger partial charge in [-0.3, -0.25) is 19.2 Å². The first-order valence-electron chi connectivity index (χ1n) is 20.3. The predicted octanol–water partition coefficient (Wildman–Crippen LogP) is 9.32. The zero-order valence-corrected chi connectivity index (χ0v) is 33.3. The maximum absolute atomic E-state index is 14.4. The molecule has 0 saturated heterocycles. The molecule has 7 nitrogen and oxygen atoms in total. The Balaban J connectivity index is 1.28. The van der Waals surface area contributed by atoms with E-state index in [0.29, 0.717) is 37.6 Å². The number of carboxylic acids is 1. The van der Waals surface area contributed by atoms with Crippen molar-refractivity contribution in [2.24, 2.45) is 62.1 Å². The molecular weight excluding hydrogens is 664 g/mol. The van der Waals surface area contributed by atoms with E-state index >= 15 is 0 Å². The number of alkyl halides is 2. The maximum atomic E-state index is 14.4. The Bertz CT molecular complexity index is 1520. The highest BCUT2D eigenvalue weighted by Gasteiger charge is 2.70. The number of amides is 1. The van der Waals surface area contributed by atoms with Gasteiger partial charge in [0, 0.05) is 37.1 Å². The molecule has 0 bridgehead atoms. The van der Waals surface area contributed by atoms with Gasteiger partial charge in [0.25, 0.3) is 0 Å². The minimum atomic E-state index is -2.61. The van der Waals surface area contributed by atoms with E-state index in [1.54, 1.807) is 13.8 Å². The molecule has 0 aromatic heterocycles. The van der Waals surface area contributed by atoms with E-state index in [4.69, 9.17) is 4.74 Å².